The number of aliphatic hydroxyl groups is 1. The Kier molecular flexibility index (Phi) is 3.92. The topological polar surface area (TPSA) is 36.4 Å². The van der Waals surface area contributed by atoms with Crippen LogP contribution in [0.4, 0.5) is 0 Å². The normalized spacial score (nSPS) is 19.9. The van der Waals surface area contributed by atoms with Crippen molar-refractivity contribution in [2.45, 2.75) is 25.4 Å². The van der Waals surface area contributed by atoms with Gasteiger partial charge in [-0.25, -0.2) is 4.98 Å². The molecule has 4 heteroatoms. The van der Waals surface area contributed by atoms with Gasteiger partial charge in [0.05, 0.1) is 18.8 Å². The lowest BCUT2D eigenvalue weighted by Gasteiger charge is -2.20. The van der Waals surface area contributed by atoms with Gasteiger partial charge < -0.3 is 5.11 Å². The van der Waals surface area contributed by atoms with E-state index in [0.717, 1.165) is 30.2 Å². The van der Waals surface area contributed by atoms with Crippen LogP contribution in [0.25, 0.3) is 11.3 Å². The molecule has 1 aromatic heterocycles. The SMILES string of the molecule is OC[C@@H]1CCCN1Cc1nc(-c2ccccc2)cs1. The molecule has 1 fully saturated rings. The molecule has 0 bridgehead atoms. The summed E-state index contributed by atoms with van der Waals surface area (Å²) >= 11 is 1.71. The molecule has 1 aliphatic rings. The Morgan fingerprint density at radius 3 is 2.95 bits per heavy atom. The summed E-state index contributed by atoms with van der Waals surface area (Å²) in [6.45, 7) is 2.20. The monoisotopic (exact) mass is 274 g/mol. The molecule has 1 N–H and O–H groups in total. The second-order valence-electron chi connectivity index (χ2n) is 4.94. The summed E-state index contributed by atoms with van der Waals surface area (Å²) in [7, 11) is 0. The predicted molar refractivity (Wildman–Crippen MR) is 78.1 cm³/mol. The molecule has 0 unspecified atom stereocenters. The van der Waals surface area contributed by atoms with E-state index in [1.54, 1.807) is 11.3 Å². The Bertz CT molecular complexity index is 526. The molecule has 0 radical (unpaired) electrons. The van der Waals surface area contributed by atoms with Crippen molar-refractivity contribution in [3.8, 4) is 11.3 Å². The van der Waals surface area contributed by atoms with E-state index in [2.05, 4.69) is 22.4 Å². The lowest BCUT2D eigenvalue weighted by molar-refractivity contribution is 0.153. The van der Waals surface area contributed by atoms with Crippen LogP contribution >= 0.6 is 11.3 Å². The first kappa shape index (κ1) is 12.8. The van der Waals surface area contributed by atoms with Gasteiger partial charge >= 0.3 is 0 Å². The van der Waals surface area contributed by atoms with Crippen molar-refractivity contribution in [1.29, 1.82) is 0 Å². The number of aliphatic hydroxyl groups excluding tert-OH is 1. The molecule has 1 atom stereocenters. The highest BCUT2D eigenvalue weighted by Crippen LogP contribution is 2.25. The van der Waals surface area contributed by atoms with Gasteiger partial charge in [-0.05, 0) is 19.4 Å². The molecule has 2 heterocycles. The van der Waals surface area contributed by atoms with E-state index >= 15 is 0 Å². The highest BCUT2D eigenvalue weighted by molar-refractivity contribution is 7.09. The average Bonchev–Trinajstić information content (AvgIpc) is 3.09. The first-order valence-corrected chi connectivity index (χ1v) is 7.59. The van der Waals surface area contributed by atoms with Gasteiger partial charge in [0.1, 0.15) is 5.01 Å². The van der Waals surface area contributed by atoms with Gasteiger partial charge in [0.15, 0.2) is 0 Å². The van der Waals surface area contributed by atoms with Crippen LogP contribution in [-0.4, -0.2) is 34.2 Å². The Labute approximate surface area is 117 Å². The van der Waals surface area contributed by atoms with Gasteiger partial charge in [-0.1, -0.05) is 30.3 Å². The second kappa shape index (κ2) is 5.82. The first-order chi connectivity index (χ1) is 9.36. The lowest BCUT2D eigenvalue weighted by atomic mass is 10.2. The fraction of sp³-hybridized carbons (Fsp3) is 0.400. The third-order valence-corrected chi connectivity index (χ3v) is 4.50. The van der Waals surface area contributed by atoms with E-state index < -0.39 is 0 Å². The van der Waals surface area contributed by atoms with Crippen LogP contribution in [-0.2, 0) is 6.54 Å². The van der Waals surface area contributed by atoms with Crippen LogP contribution in [0.15, 0.2) is 35.7 Å². The summed E-state index contributed by atoms with van der Waals surface area (Å²) in [6, 6.07) is 10.6. The number of hydrogen-bond acceptors (Lipinski definition) is 4. The Balaban J connectivity index is 1.72. The molecule has 0 saturated carbocycles. The minimum Gasteiger partial charge on any atom is -0.395 e. The summed E-state index contributed by atoms with van der Waals surface area (Å²) < 4.78 is 0. The fourth-order valence-corrected chi connectivity index (χ4v) is 3.44. The molecule has 1 saturated heterocycles. The highest BCUT2D eigenvalue weighted by Gasteiger charge is 2.24. The molecular weight excluding hydrogens is 256 g/mol. The summed E-state index contributed by atoms with van der Waals surface area (Å²) in [5, 5.41) is 12.6. The number of hydrogen-bond donors (Lipinski definition) is 1. The van der Waals surface area contributed by atoms with Crippen molar-refractivity contribution in [2.24, 2.45) is 0 Å². The van der Waals surface area contributed by atoms with Crippen LogP contribution in [0.5, 0.6) is 0 Å². The molecule has 2 aromatic rings. The number of benzene rings is 1. The first-order valence-electron chi connectivity index (χ1n) is 6.71. The Morgan fingerprint density at radius 1 is 1.32 bits per heavy atom. The average molecular weight is 274 g/mol. The summed E-state index contributed by atoms with van der Waals surface area (Å²) in [5.41, 5.74) is 2.23. The highest BCUT2D eigenvalue weighted by atomic mass is 32.1. The van der Waals surface area contributed by atoms with E-state index in [1.807, 2.05) is 18.2 Å². The molecule has 0 amide bonds. The Hall–Kier alpha value is -1.23. The standard InChI is InChI=1S/C15H18N2OS/c18-10-13-7-4-8-17(13)9-15-16-14(11-19-15)12-5-2-1-3-6-12/h1-3,5-6,11,13,18H,4,7-10H2/t13-/m0/s1. The number of nitrogens with zero attached hydrogens (tertiary/aromatic N) is 2. The maximum Gasteiger partial charge on any atom is 0.107 e. The van der Waals surface area contributed by atoms with Crippen molar-refractivity contribution < 1.29 is 5.11 Å². The second-order valence-corrected chi connectivity index (χ2v) is 5.88. The maximum absolute atomic E-state index is 9.34. The van der Waals surface area contributed by atoms with Gasteiger partial charge in [0.2, 0.25) is 0 Å². The van der Waals surface area contributed by atoms with Crippen LogP contribution in [0.1, 0.15) is 17.8 Å². The van der Waals surface area contributed by atoms with Crippen molar-refractivity contribution in [3.05, 3.63) is 40.7 Å². The van der Waals surface area contributed by atoms with E-state index in [1.165, 1.54) is 12.0 Å². The third kappa shape index (κ3) is 2.86. The number of aromatic nitrogens is 1. The number of rotatable bonds is 4. The van der Waals surface area contributed by atoms with Gasteiger partial charge in [0.25, 0.3) is 0 Å². The zero-order valence-electron chi connectivity index (χ0n) is 10.8. The Morgan fingerprint density at radius 2 is 2.16 bits per heavy atom. The molecule has 0 spiro atoms. The van der Waals surface area contributed by atoms with E-state index in [-0.39, 0.29) is 6.61 Å². The molecule has 3 nitrogen and oxygen atoms in total. The van der Waals surface area contributed by atoms with Crippen molar-refractivity contribution in [1.82, 2.24) is 9.88 Å². The summed E-state index contributed by atoms with van der Waals surface area (Å²) in [6.07, 6.45) is 2.29. The van der Waals surface area contributed by atoms with Gasteiger partial charge in [-0.2, -0.15) is 0 Å². The fourth-order valence-electron chi connectivity index (χ4n) is 2.61. The van der Waals surface area contributed by atoms with Gasteiger partial charge in [-0.15, -0.1) is 11.3 Å². The van der Waals surface area contributed by atoms with Crippen LogP contribution in [0, 0.1) is 0 Å². The van der Waals surface area contributed by atoms with Crippen molar-refractivity contribution in [2.75, 3.05) is 13.2 Å². The molecular formula is C15H18N2OS. The summed E-state index contributed by atoms with van der Waals surface area (Å²) in [5.74, 6) is 0. The van der Waals surface area contributed by atoms with E-state index in [4.69, 9.17) is 4.98 Å². The molecule has 1 aromatic carbocycles. The lowest BCUT2D eigenvalue weighted by Crippen LogP contribution is -2.31. The molecule has 3 rings (SSSR count). The zero-order chi connectivity index (χ0) is 13.1. The van der Waals surface area contributed by atoms with E-state index in [0.29, 0.717) is 6.04 Å². The van der Waals surface area contributed by atoms with Crippen LogP contribution in [0.2, 0.25) is 0 Å². The van der Waals surface area contributed by atoms with Crippen LogP contribution < -0.4 is 0 Å². The summed E-state index contributed by atoms with van der Waals surface area (Å²) in [4.78, 5) is 7.05. The molecule has 1 aliphatic heterocycles. The smallest absolute Gasteiger partial charge is 0.107 e. The van der Waals surface area contributed by atoms with Gasteiger partial charge in [0, 0.05) is 17.0 Å². The molecule has 0 aliphatic carbocycles. The van der Waals surface area contributed by atoms with Crippen molar-refractivity contribution in [3.63, 3.8) is 0 Å². The third-order valence-electron chi connectivity index (χ3n) is 3.67. The quantitative estimate of drug-likeness (QED) is 0.931. The molecule has 100 valence electrons. The predicted octanol–water partition coefficient (Wildman–Crippen LogP) is 2.77. The van der Waals surface area contributed by atoms with Gasteiger partial charge in [-0.3, -0.25) is 4.90 Å². The zero-order valence-corrected chi connectivity index (χ0v) is 11.6. The minimum atomic E-state index is 0.261. The maximum atomic E-state index is 9.34. The number of thiazole rings is 1. The molecule has 19 heavy (non-hydrogen) atoms. The minimum absolute atomic E-state index is 0.261. The van der Waals surface area contributed by atoms with Crippen molar-refractivity contribution >= 4 is 11.3 Å². The van der Waals surface area contributed by atoms with E-state index in [9.17, 15) is 5.11 Å². The van der Waals surface area contributed by atoms with Crippen LogP contribution in [0.3, 0.4) is 0 Å². The number of likely N-dealkylation sites (tertiary alicyclic amines) is 1. The largest absolute Gasteiger partial charge is 0.395 e.